The zero-order valence-corrected chi connectivity index (χ0v) is 17.9. The quantitative estimate of drug-likeness (QED) is 0.594. The van der Waals surface area contributed by atoms with Gasteiger partial charge in [-0.1, -0.05) is 26.0 Å². The Balaban J connectivity index is 1.35. The smallest absolute Gasteiger partial charge is 0.139 e. The topological polar surface area (TPSA) is 26.3 Å². The minimum absolute atomic E-state index is 0.0185. The zero-order valence-electron chi connectivity index (χ0n) is 17.9. The number of ketones is 1. The van der Waals surface area contributed by atoms with Gasteiger partial charge in [0.05, 0.1) is 7.11 Å². The molecule has 28 heavy (non-hydrogen) atoms. The highest BCUT2D eigenvalue weighted by Gasteiger charge is 2.60. The first-order valence-electron chi connectivity index (χ1n) is 11.6. The standard InChI is InChI=1S/C26H36O2/c1-25-14-12-18(17-4-7-20(28-3)8-5-17)16-19(25)6-9-21-22-10-11-24(27)26(22,2)15-13-23(21)25/h4-5,7-8,18-19,21-23H,6,9-16H2,1-3H3/t18?,19?,21-,22-,23-,25-,26-/m0/s1. The number of Topliss-reactive ketones (excluding diaryl/α,β-unsaturated/α-hetero) is 1. The van der Waals surface area contributed by atoms with Crippen molar-refractivity contribution in [2.24, 2.45) is 34.5 Å². The average Bonchev–Trinajstić information content (AvgIpc) is 3.02. The summed E-state index contributed by atoms with van der Waals surface area (Å²) in [4.78, 5) is 12.6. The minimum Gasteiger partial charge on any atom is -0.497 e. The third-order valence-electron chi connectivity index (χ3n) is 9.96. The van der Waals surface area contributed by atoms with Gasteiger partial charge in [0, 0.05) is 11.8 Å². The lowest BCUT2D eigenvalue weighted by Gasteiger charge is -2.60. The number of carbonyl (C=O) groups excluding carboxylic acids is 1. The van der Waals surface area contributed by atoms with Crippen LogP contribution in [0.25, 0.3) is 0 Å². The predicted molar refractivity (Wildman–Crippen MR) is 112 cm³/mol. The maximum atomic E-state index is 12.6. The van der Waals surface area contributed by atoms with E-state index in [0.717, 1.165) is 36.3 Å². The van der Waals surface area contributed by atoms with E-state index in [0.29, 0.717) is 23.0 Å². The van der Waals surface area contributed by atoms with E-state index in [2.05, 4.69) is 38.1 Å². The molecule has 2 unspecified atom stereocenters. The third-order valence-corrected chi connectivity index (χ3v) is 9.96. The van der Waals surface area contributed by atoms with Crippen LogP contribution in [0.4, 0.5) is 0 Å². The second-order valence-electron chi connectivity index (χ2n) is 10.8. The number of ether oxygens (including phenoxy) is 1. The molecule has 152 valence electrons. The Morgan fingerprint density at radius 2 is 1.71 bits per heavy atom. The van der Waals surface area contributed by atoms with E-state index in [1.807, 2.05) is 0 Å². The van der Waals surface area contributed by atoms with E-state index >= 15 is 0 Å². The van der Waals surface area contributed by atoms with E-state index in [9.17, 15) is 4.79 Å². The predicted octanol–water partition coefficient (Wildman–Crippen LogP) is 6.39. The van der Waals surface area contributed by atoms with Crippen LogP contribution in [0.2, 0.25) is 0 Å². The fourth-order valence-corrected chi connectivity index (χ4v) is 8.21. The van der Waals surface area contributed by atoms with E-state index in [1.54, 1.807) is 7.11 Å². The first-order valence-corrected chi connectivity index (χ1v) is 11.6. The van der Waals surface area contributed by atoms with Crippen molar-refractivity contribution < 1.29 is 9.53 Å². The van der Waals surface area contributed by atoms with E-state index in [4.69, 9.17) is 4.74 Å². The first kappa shape index (κ1) is 18.7. The van der Waals surface area contributed by atoms with Crippen LogP contribution in [0, 0.1) is 34.5 Å². The van der Waals surface area contributed by atoms with Crippen molar-refractivity contribution in [3.05, 3.63) is 29.8 Å². The van der Waals surface area contributed by atoms with E-state index in [-0.39, 0.29) is 5.41 Å². The molecule has 0 heterocycles. The first-order chi connectivity index (χ1) is 13.5. The van der Waals surface area contributed by atoms with Crippen LogP contribution < -0.4 is 4.74 Å². The Morgan fingerprint density at radius 3 is 2.46 bits per heavy atom. The number of benzene rings is 1. The Bertz CT molecular complexity index is 752. The second kappa shape index (κ2) is 6.61. The zero-order chi connectivity index (χ0) is 19.5. The molecule has 0 amide bonds. The molecule has 4 fully saturated rings. The summed E-state index contributed by atoms with van der Waals surface area (Å²) in [5.41, 5.74) is 2.02. The fraction of sp³-hybridized carbons (Fsp3) is 0.731. The molecule has 0 radical (unpaired) electrons. The monoisotopic (exact) mass is 380 g/mol. The SMILES string of the molecule is COc1ccc(C2CC[C@@]3(C)C(CC[C@@H]4[C@@H]3CC[C@]3(C)C(=O)CC[C@@H]43)C2)cc1. The second-order valence-corrected chi connectivity index (χ2v) is 10.8. The lowest BCUT2D eigenvalue weighted by atomic mass is 9.44. The Kier molecular flexibility index (Phi) is 4.41. The van der Waals surface area contributed by atoms with Crippen molar-refractivity contribution in [1.82, 2.24) is 0 Å². The maximum Gasteiger partial charge on any atom is 0.139 e. The summed E-state index contributed by atoms with van der Waals surface area (Å²) >= 11 is 0. The van der Waals surface area contributed by atoms with Gasteiger partial charge < -0.3 is 4.74 Å². The molecule has 2 heteroatoms. The van der Waals surface area contributed by atoms with Gasteiger partial charge in [-0.15, -0.1) is 0 Å². The largest absolute Gasteiger partial charge is 0.497 e. The summed E-state index contributed by atoms with van der Waals surface area (Å²) in [6, 6.07) is 8.82. The lowest BCUT2D eigenvalue weighted by Crippen LogP contribution is -2.53. The van der Waals surface area contributed by atoms with Crippen molar-refractivity contribution in [1.29, 1.82) is 0 Å². The van der Waals surface area contributed by atoms with Gasteiger partial charge in [0.2, 0.25) is 0 Å². The number of hydrogen-bond donors (Lipinski definition) is 0. The molecular formula is C26H36O2. The number of rotatable bonds is 2. The molecule has 4 aliphatic rings. The Morgan fingerprint density at radius 1 is 0.929 bits per heavy atom. The lowest BCUT2D eigenvalue weighted by molar-refractivity contribution is -0.139. The molecule has 5 rings (SSSR count). The minimum atomic E-state index is 0.0185. The van der Waals surface area contributed by atoms with Gasteiger partial charge in [-0.3, -0.25) is 4.79 Å². The van der Waals surface area contributed by atoms with E-state index < -0.39 is 0 Å². The Hall–Kier alpha value is -1.31. The summed E-state index contributed by atoms with van der Waals surface area (Å²) in [6.45, 7) is 4.93. The number of hydrogen-bond acceptors (Lipinski definition) is 2. The molecule has 0 aliphatic heterocycles. The van der Waals surface area contributed by atoms with Crippen molar-refractivity contribution in [3.8, 4) is 5.75 Å². The van der Waals surface area contributed by atoms with Gasteiger partial charge in [0.25, 0.3) is 0 Å². The molecule has 7 atom stereocenters. The van der Waals surface area contributed by atoms with Crippen molar-refractivity contribution in [2.45, 2.75) is 77.6 Å². The highest BCUT2D eigenvalue weighted by Crippen LogP contribution is 2.66. The normalized spacial score (nSPS) is 45.1. The number of fused-ring (bicyclic) bond motifs is 5. The summed E-state index contributed by atoms with van der Waals surface area (Å²) in [6.07, 6.45) is 11.3. The van der Waals surface area contributed by atoms with Gasteiger partial charge >= 0.3 is 0 Å². The molecule has 0 N–H and O–H groups in total. The van der Waals surface area contributed by atoms with Crippen LogP contribution in [-0.2, 0) is 4.79 Å². The Labute approximate surface area is 170 Å². The van der Waals surface area contributed by atoms with Crippen LogP contribution in [0.1, 0.15) is 83.1 Å². The summed E-state index contributed by atoms with van der Waals surface area (Å²) in [5.74, 6) is 5.44. The number of methoxy groups -OCH3 is 1. The molecule has 1 aromatic carbocycles. The fourth-order valence-electron chi connectivity index (χ4n) is 8.21. The van der Waals surface area contributed by atoms with Gasteiger partial charge in [0.1, 0.15) is 11.5 Å². The molecule has 0 aromatic heterocycles. The highest BCUT2D eigenvalue weighted by molar-refractivity contribution is 5.87. The summed E-state index contributed by atoms with van der Waals surface area (Å²) < 4.78 is 5.34. The maximum absolute atomic E-state index is 12.6. The van der Waals surface area contributed by atoms with Crippen molar-refractivity contribution >= 4 is 5.78 Å². The van der Waals surface area contributed by atoms with Crippen LogP contribution in [0.5, 0.6) is 5.75 Å². The van der Waals surface area contributed by atoms with Gasteiger partial charge in [0.15, 0.2) is 0 Å². The van der Waals surface area contributed by atoms with Gasteiger partial charge in [-0.05, 0) is 104 Å². The molecular weight excluding hydrogens is 344 g/mol. The van der Waals surface area contributed by atoms with E-state index in [1.165, 1.54) is 50.5 Å². The van der Waals surface area contributed by atoms with Crippen molar-refractivity contribution in [2.75, 3.05) is 7.11 Å². The molecule has 0 spiro atoms. The third kappa shape index (κ3) is 2.62. The molecule has 4 saturated carbocycles. The molecule has 0 bridgehead atoms. The van der Waals surface area contributed by atoms with Crippen molar-refractivity contribution in [3.63, 3.8) is 0 Å². The molecule has 1 aromatic rings. The highest BCUT2D eigenvalue weighted by atomic mass is 16.5. The summed E-state index contributed by atoms with van der Waals surface area (Å²) in [7, 11) is 1.74. The molecule has 0 saturated heterocycles. The summed E-state index contributed by atoms with van der Waals surface area (Å²) in [5, 5.41) is 0. The average molecular weight is 381 g/mol. The van der Waals surface area contributed by atoms with Crippen LogP contribution in [0.15, 0.2) is 24.3 Å². The molecule has 4 aliphatic carbocycles. The van der Waals surface area contributed by atoms with Crippen LogP contribution in [0.3, 0.4) is 0 Å². The number of carbonyl (C=O) groups is 1. The van der Waals surface area contributed by atoms with Gasteiger partial charge in [-0.25, -0.2) is 0 Å². The van der Waals surface area contributed by atoms with Gasteiger partial charge in [-0.2, -0.15) is 0 Å². The van der Waals surface area contributed by atoms with Crippen LogP contribution in [-0.4, -0.2) is 12.9 Å². The van der Waals surface area contributed by atoms with Crippen LogP contribution >= 0.6 is 0 Å². The molecule has 2 nitrogen and oxygen atoms in total.